The summed E-state index contributed by atoms with van der Waals surface area (Å²) in [4.78, 5) is 27.0. The van der Waals surface area contributed by atoms with Crippen LogP contribution in [0.5, 0.6) is 0 Å². The monoisotopic (exact) mass is 290 g/mol. The summed E-state index contributed by atoms with van der Waals surface area (Å²) in [5, 5.41) is 9.04. The summed E-state index contributed by atoms with van der Waals surface area (Å²) in [6, 6.07) is 9.03. The number of rotatable bonds is 5. The Balaban J connectivity index is 2.04. The molecular formula is C16H22N2O3. The van der Waals surface area contributed by atoms with Crippen LogP contribution in [-0.2, 0) is 16.1 Å². The number of nitrogens with zero attached hydrogens (tertiary/aromatic N) is 2. The molecule has 1 fully saturated rings. The van der Waals surface area contributed by atoms with Gasteiger partial charge in [-0.15, -0.1) is 0 Å². The lowest BCUT2D eigenvalue weighted by Crippen LogP contribution is -2.49. The number of carboxylic acids is 1. The van der Waals surface area contributed by atoms with Crippen molar-refractivity contribution in [3.05, 3.63) is 35.9 Å². The van der Waals surface area contributed by atoms with Crippen LogP contribution in [0.3, 0.4) is 0 Å². The van der Waals surface area contributed by atoms with Gasteiger partial charge in [-0.2, -0.15) is 0 Å². The highest BCUT2D eigenvalue weighted by Gasteiger charge is 2.35. The van der Waals surface area contributed by atoms with Gasteiger partial charge in [0.15, 0.2) is 0 Å². The molecule has 2 atom stereocenters. The Hall–Kier alpha value is -1.88. The highest BCUT2D eigenvalue weighted by atomic mass is 16.4. The van der Waals surface area contributed by atoms with Crippen molar-refractivity contribution >= 4 is 11.9 Å². The lowest BCUT2D eigenvalue weighted by Gasteiger charge is -2.29. The molecule has 0 aliphatic carbocycles. The van der Waals surface area contributed by atoms with Gasteiger partial charge < -0.3 is 10.0 Å². The first-order chi connectivity index (χ1) is 10.0. The van der Waals surface area contributed by atoms with Gasteiger partial charge in [-0.25, -0.2) is 4.79 Å². The van der Waals surface area contributed by atoms with Gasteiger partial charge in [0.25, 0.3) is 0 Å². The Bertz CT molecular complexity index is 504. The molecule has 1 aliphatic rings. The molecule has 0 aromatic heterocycles. The van der Waals surface area contributed by atoms with Gasteiger partial charge in [0, 0.05) is 13.6 Å². The van der Waals surface area contributed by atoms with Crippen LogP contribution < -0.4 is 0 Å². The van der Waals surface area contributed by atoms with Crippen LogP contribution >= 0.6 is 0 Å². The van der Waals surface area contributed by atoms with Crippen molar-refractivity contribution in [1.82, 2.24) is 9.80 Å². The van der Waals surface area contributed by atoms with E-state index < -0.39 is 12.0 Å². The number of carboxylic acid groups (broad SMARTS) is 1. The van der Waals surface area contributed by atoms with Gasteiger partial charge in [0.05, 0.1) is 6.04 Å². The summed E-state index contributed by atoms with van der Waals surface area (Å²) in [6.45, 7) is 3.14. The zero-order valence-corrected chi connectivity index (χ0v) is 12.5. The maximum absolute atomic E-state index is 12.5. The third-order valence-electron chi connectivity index (χ3n) is 4.16. The minimum atomic E-state index is -0.974. The molecule has 1 amide bonds. The molecule has 21 heavy (non-hydrogen) atoms. The average molecular weight is 290 g/mol. The molecule has 1 heterocycles. The van der Waals surface area contributed by atoms with Crippen LogP contribution in [0.4, 0.5) is 0 Å². The predicted molar refractivity (Wildman–Crippen MR) is 79.7 cm³/mol. The molecule has 0 bridgehead atoms. The molecule has 0 spiro atoms. The standard InChI is InChI=1S/C16H22N2O3/c1-12(16(20)21)17(2)15(19)14-9-6-10-18(14)11-13-7-4-3-5-8-13/h3-5,7-8,12,14H,6,9-11H2,1-2H3,(H,20,21)/t12-,14-/m0/s1. The zero-order valence-electron chi connectivity index (χ0n) is 12.5. The number of likely N-dealkylation sites (N-methyl/N-ethyl adjacent to an activating group) is 1. The maximum Gasteiger partial charge on any atom is 0.326 e. The quantitative estimate of drug-likeness (QED) is 0.894. The molecule has 1 aliphatic heterocycles. The van der Waals surface area contributed by atoms with Crippen LogP contribution in [0, 0.1) is 0 Å². The summed E-state index contributed by atoms with van der Waals surface area (Å²) in [5.41, 5.74) is 1.17. The summed E-state index contributed by atoms with van der Waals surface area (Å²) in [7, 11) is 1.57. The van der Waals surface area contributed by atoms with Crippen LogP contribution in [0.25, 0.3) is 0 Å². The van der Waals surface area contributed by atoms with E-state index in [0.29, 0.717) is 0 Å². The van der Waals surface area contributed by atoms with Crippen LogP contribution in [-0.4, -0.2) is 52.5 Å². The summed E-state index contributed by atoms with van der Waals surface area (Å²) in [5.74, 6) is -1.07. The maximum atomic E-state index is 12.5. The lowest BCUT2D eigenvalue weighted by atomic mass is 10.1. The Morgan fingerprint density at radius 3 is 2.67 bits per heavy atom. The third-order valence-corrected chi connectivity index (χ3v) is 4.16. The molecule has 0 unspecified atom stereocenters. The second kappa shape index (κ2) is 6.72. The summed E-state index contributed by atoms with van der Waals surface area (Å²) < 4.78 is 0. The first-order valence-corrected chi connectivity index (χ1v) is 7.28. The molecule has 5 nitrogen and oxygen atoms in total. The highest BCUT2D eigenvalue weighted by molar-refractivity contribution is 5.86. The zero-order chi connectivity index (χ0) is 15.4. The molecule has 1 saturated heterocycles. The normalized spacial score (nSPS) is 20.2. The Morgan fingerprint density at radius 2 is 2.05 bits per heavy atom. The molecule has 0 radical (unpaired) electrons. The smallest absolute Gasteiger partial charge is 0.326 e. The van der Waals surface area contributed by atoms with Gasteiger partial charge in [0.1, 0.15) is 6.04 Å². The van der Waals surface area contributed by atoms with Crippen molar-refractivity contribution < 1.29 is 14.7 Å². The van der Waals surface area contributed by atoms with Crippen molar-refractivity contribution in [2.45, 2.75) is 38.4 Å². The van der Waals surface area contributed by atoms with Gasteiger partial charge in [-0.3, -0.25) is 9.69 Å². The van der Waals surface area contributed by atoms with Gasteiger partial charge in [-0.1, -0.05) is 30.3 Å². The Kier molecular flexibility index (Phi) is 4.96. The SMILES string of the molecule is C[C@@H](C(=O)O)N(C)C(=O)[C@@H]1CCCN1Cc1ccccc1. The van der Waals surface area contributed by atoms with Crippen molar-refractivity contribution in [3.8, 4) is 0 Å². The minimum Gasteiger partial charge on any atom is -0.480 e. The Morgan fingerprint density at radius 1 is 1.38 bits per heavy atom. The molecular weight excluding hydrogens is 268 g/mol. The second-order valence-corrected chi connectivity index (χ2v) is 5.58. The average Bonchev–Trinajstić information content (AvgIpc) is 2.94. The Labute approximate surface area is 125 Å². The highest BCUT2D eigenvalue weighted by Crippen LogP contribution is 2.22. The molecule has 1 N–H and O–H groups in total. The van der Waals surface area contributed by atoms with E-state index in [1.807, 2.05) is 30.3 Å². The number of aliphatic carboxylic acids is 1. The van der Waals surface area contributed by atoms with Crippen molar-refractivity contribution in [2.24, 2.45) is 0 Å². The van der Waals surface area contributed by atoms with E-state index in [0.717, 1.165) is 25.9 Å². The van der Waals surface area contributed by atoms with Crippen molar-refractivity contribution in [1.29, 1.82) is 0 Å². The molecule has 2 rings (SSSR count). The van der Waals surface area contributed by atoms with E-state index in [4.69, 9.17) is 5.11 Å². The van der Waals surface area contributed by atoms with Crippen LogP contribution in [0.1, 0.15) is 25.3 Å². The van der Waals surface area contributed by atoms with Gasteiger partial charge in [-0.05, 0) is 31.9 Å². The third kappa shape index (κ3) is 3.61. The van der Waals surface area contributed by atoms with Gasteiger partial charge >= 0.3 is 5.97 Å². The largest absolute Gasteiger partial charge is 0.480 e. The topological polar surface area (TPSA) is 60.9 Å². The van der Waals surface area contributed by atoms with Crippen LogP contribution in [0.2, 0.25) is 0 Å². The first kappa shape index (κ1) is 15.5. The molecule has 1 aromatic carbocycles. The molecule has 5 heteroatoms. The summed E-state index contributed by atoms with van der Waals surface area (Å²) >= 11 is 0. The number of likely N-dealkylation sites (tertiary alicyclic amines) is 1. The number of hydrogen-bond donors (Lipinski definition) is 1. The number of benzene rings is 1. The van der Waals surface area contributed by atoms with E-state index in [-0.39, 0.29) is 11.9 Å². The molecule has 114 valence electrons. The van der Waals surface area contributed by atoms with E-state index in [2.05, 4.69) is 4.90 Å². The number of carbonyl (C=O) groups is 2. The van der Waals surface area contributed by atoms with Crippen molar-refractivity contribution in [3.63, 3.8) is 0 Å². The van der Waals surface area contributed by atoms with E-state index in [1.165, 1.54) is 17.4 Å². The minimum absolute atomic E-state index is 0.0988. The lowest BCUT2D eigenvalue weighted by molar-refractivity contribution is -0.150. The fraction of sp³-hybridized carbons (Fsp3) is 0.500. The first-order valence-electron chi connectivity index (χ1n) is 7.28. The fourth-order valence-corrected chi connectivity index (χ4v) is 2.70. The number of hydrogen-bond acceptors (Lipinski definition) is 3. The van der Waals surface area contributed by atoms with Gasteiger partial charge in [0.2, 0.25) is 5.91 Å². The second-order valence-electron chi connectivity index (χ2n) is 5.58. The van der Waals surface area contributed by atoms with Crippen LogP contribution in [0.15, 0.2) is 30.3 Å². The van der Waals surface area contributed by atoms with E-state index in [9.17, 15) is 9.59 Å². The molecule has 1 aromatic rings. The number of amides is 1. The fourth-order valence-electron chi connectivity index (χ4n) is 2.70. The number of carbonyl (C=O) groups excluding carboxylic acids is 1. The van der Waals surface area contributed by atoms with E-state index >= 15 is 0 Å². The summed E-state index contributed by atoms with van der Waals surface area (Å²) in [6.07, 6.45) is 1.76. The predicted octanol–water partition coefficient (Wildman–Crippen LogP) is 1.58. The van der Waals surface area contributed by atoms with Crippen molar-refractivity contribution in [2.75, 3.05) is 13.6 Å². The molecule has 0 saturated carbocycles. The van der Waals surface area contributed by atoms with E-state index in [1.54, 1.807) is 7.05 Å².